The molecule has 0 aromatic heterocycles. The van der Waals surface area contributed by atoms with Crippen LogP contribution in [0.3, 0.4) is 0 Å². The quantitative estimate of drug-likeness (QED) is 0.566. The molecule has 0 saturated carbocycles. The van der Waals surface area contributed by atoms with Crippen LogP contribution in [0.15, 0.2) is 15.7 Å². The molecule has 1 nitrogen and oxygen atoms in total. The normalized spacial score (nSPS) is 24.9. The van der Waals surface area contributed by atoms with Crippen LogP contribution in [0.5, 0.6) is 0 Å². The monoisotopic (exact) mass is 197 g/mol. The molecule has 0 radical (unpaired) electrons. The van der Waals surface area contributed by atoms with Crippen molar-refractivity contribution in [1.29, 1.82) is 0 Å². The molecule has 1 aliphatic heterocycles. The minimum atomic E-state index is -4.23. The van der Waals surface area contributed by atoms with Crippen molar-refractivity contribution in [3.63, 3.8) is 0 Å². The second kappa shape index (κ2) is 3.09. The second-order valence-corrected chi connectivity index (χ2v) is 3.08. The van der Waals surface area contributed by atoms with Crippen molar-refractivity contribution in [1.82, 2.24) is 0 Å². The van der Waals surface area contributed by atoms with Crippen LogP contribution in [0, 0.1) is 5.92 Å². The van der Waals surface area contributed by atoms with Gasteiger partial charge in [-0.1, -0.05) is 11.6 Å². The average molecular weight is 198 g/mol. The van der Waals surface area contributed by atoms with Gasteiger partial charge in [-0.25, -0.2) is 0 Å². The molecule has 1 aliphatic rings. The van der Waals surface area contributed by atoms with Crippen molar-refractivity contribution in [2.75, 3.05) is 0 Å². The van der Waals surface area contributed by atoms with Gasteiger partial charge in [-0.3, -0.25) is 4.99 Å². The summed E-state index contributed by atoms with van der Waals surface area (Å²) in [6.07, 6.45) is -3.51. The van der Waals surface area contributed by atoms with Crippen molar-refractivity contribution < 1.29 is 13.2 Å². The number of hydrogen-bond donors (Lipinski definition) is 0. The molecule has 1 unspecified atom stereocenters. The molecule has 1 atom stereocenters. The van der Waals surface area contributed by atoms with Gasteiger partial charge in [0.1, 0.15) is 0 Å². The summed E-state index contributed by atoms with van der Waals surface area (Å²) >= 11 is 5.53. The Bertz CT molecular complexity index is 242. The summed E-state index contributed by atoms with van der Waals surface area (Å²) in [4.78, 5) is 3.56. The third kappa shape index (κ3) is 2.00. The molecule has 0 bridgehead atoms. The van der Waals surface area contributed by atoms with E-state index in [1.54, 1.807) is 6.92 Å². The molecule has 0 saturated heterocycles. The van der Waals surface area contributed by atoms with E-state index in [2.05, 4.69) is 4.99 Å². The fourth-order valence-electron chi connectivity index (χ4n) is 0.866. The summed E-state index contributed by atoms with van der Waals surface area (Å²) in [5.74, 6) is -1.52. The molecule has 0 N–H and O–H groups in total. The smallest absolute Gasteiger partial charge is 0.264 e. The van der Waals surface area contributed by atoms with E-state index in [0.29, 0.717) is 5.70 Å². The minimum Gasteiger partial charge on any atom is -0.264 e. The molecular formula is C7H7ClF3N. The summed E-state index contributed by atoms with van der Waals surface area (Å²) in [6.45, 7) is 1.59. The lowest BCUT2D eigenvalue weighted by Crippen LogP contribution is -2.25. The largest absolute Gasteiger partial charge is 0.397 e. The lowest BCUT2D eigenvalue weighted by atomic mass is 10.0. The van der Waals surface area contributed by atoms with Crippen molar-refractivity contribution >= 4 is 17.8 Å². The van der Waals surface area contributed by atoms with Crippen LogP contribution in [0.2, 0.25) is 0 Å². The van der Waals surface area contributed by atoms with Crippen LogP contribution in [-0.2, 0) is 0 Å². The van der Waals surface area contributed by atoms with Crippen LogP contribution in [0.4, 0.5) is 13.2 Å². The predicted molar refractivity (Wildman–Crippen MR) is 41.2 cm³/mol. The maximum Gasteiger partial charge on any atom is 0.397 e. The van der Waals surface area contributed by atoms with E-state index < -0.39 is 12.1 Å². The van der Waals surface area contributed by atoms with Gasteiger partial charge in [-0.15, -0.1) is 0 Å². The Hall–Kier alpha value is -0.510. The van der Waals surface area contributed by atoms with Crippen molar-refractivity contribution in [3.05, 3.63) is 10.7 Å². The first-order valence-corrected chi connectivity index (χ1v) is 3.75. The predicted octanol–water partition coefficient (Wildman–Crippen LogP) is 3.11. The summed E-state index contributed by atoms with van der Waals surface area (Å²) in [6, 6.07) is 0. The number of halogens is 4. The first-order valence-electron chi connectivity index (χ1n) is 3.37. The first-order chi connectivity index (χ1) is 5.41. The number of hydrogen-bond acceptors (Lipinski definition) is 1. The highest BCUT2D eigenvalue weighted by atomic mass is 35.5. The number of nitrogens with zero attached hydrogens (tertiary/aromatic N) is 1. The van der Waals surface area contributed by atoms with E-state index in [1.165, 1.54) is 0 Å². The van der Waals surface area contributed by atoms with Gasteiger partial charge in [0.05, 0.1) is 11.6 Å². The van der Waals surface area contributed by atoms with Gasteiger partial charge in [-0.05, 0) is 6.92 Å². The summed E-state index contributed by atoms with van der Waals surface area (Å²) in [7, 11) is 0. The maximum atomic E-state index is 12.1. The van der Waals surface area contributed by atoms with Crippen LogP contribution in [-0.4, -0.2) is 12.4 Å². The van der Waals surface area contributed by atoms with Gasteiger partial charge in [0.2, 0.25) is 0 Å². The topological polar surface area (TPSA) is 12.4 Å². The minimum absolute atomic E-state index is 0.180. The summed E-state index contributed by atoms with van der Waals surface area (Å²) in [5, 5.41) is 0.194. The van der Waals surface area contributed by atoms with Crippen LogP contribution >= 0.6 is 11.6 Å². The number of aliphatic imine (C=N–C) groups is 1. The molecular weight excluding hydrogens is 191 g/mol. The maximum absolute atomic E-state index is 12.1. The van der Waals surface area contributed by atoms with E-state index in [9.17, 15) is 13.2 Å². The lowest BCUT2D eigenvalue weighted by Gasteiger charge is -2.19. The Labute approximate surface area is 72.9 Å². The number of rotatable bonds is 0. The fraction of sp³-hybridized carbons (Fsp3) is 0.571. The number of alkyl halides is 3. The molecule has 5 heteroatoms. The molecule has 0 spiro atoms. The zero-order valence-electron chi connectivity index (χ0n) is 6.32. The molecule has 0 amide bonds. The Kier molecular flexibility index (Phi) is 2.46. The Morgan fingerprint density at radius 3 is 2.58 bits per heavy atom. The second-order valence-electron chi connectivity index (χ2n) is 2.62. The zero-order valence-corrected chi connectivity index (χ0v) is 7.08. The van der Waals surface area contributed by atoms with Gasteiger partial charge < -0.3 is 0 Å². The van der Waals surface area contributed by atoms with Crippen LogP contribution in [0.25, 0.3) is 0 Å². The summed E-state index contributed by atoms with van der Waals surface area (Å²) < 4.78 is 36.2. The van der Waals surface area contributed by atoms with E-state index in [1.807, 2.05) is 0 Å². The molecule has 68 valence electrons. The highest BCUT2D eigenvalue weighted by Crippen LogP contribution is 2.34. The number of allylic oxidation sites excluding steroid dienone is 2. The van der Waals surface area contributed by atoms with Crippen molar-refractivity contribution in [2.45, 2.75) is 19.5 Å². The summed E-state index contributed by atoms with van der Waals surface area (Å²) in [5.41, 5.74) is 0.470. The highest BCUT2D eigenvalue weighted by Gasteiger charge is 2.39. The zero-order chi connectivity index (χ0) is 9.35. The van der Waals surface area contributed by atoms with Gasteiger partial charge in [0.15, 0.2) is 0 Å². The Morgan fingerprint density at radius 1 is 1.58 bits per heavy atom. The van der Waals surface area contributed by atoms with Gasteiger partial charge >= 0.3 is 6.18 Å². The Balaban J connectivity index is 2.76. The van der Waals surface area contributed by atoms with Crippen LogP contribution < -0.4 is 0 Å². The third-order valence-electron chi connectivity index (χ3n) is 1.66. The molecule has 0 aromatic carbocycles. The molecule has 0 fully saturated rings. The third-order valence-corrected chi connectivity index (χ3v) is 2.09. The SMILES string of the molecule is CC1=C(Cl)CC(C(F)(F)F)C=N1. The van der Waals surface area contributed by atoms with Gasteiger partial charge in [0, 0.05) is 17.7 Å². The van der Waals surface area contributed by atoms with Crippen LogP contribution in [0.1, 0.15) is 13.3 Å². The van der Waals surface area contributed by atoms with E-state index in [0.717, 1.165) is 6.21 Å². The Morgan fingerprint density at radius 2 is 2.17 bits per heavy atom. The van der Waals surface area contributed by atoms with Gasteiger partial charge in [0.25, 0.3) is 0 Å². The molecule has 1 heterocycles. The van der Waals surface area contributed by atoms with Crippen molar-refractivity contribution in [3.8, 4) is 0 Å². The lowest BCUT2D eigenvalue weighted by molar-refractivity contribution is -0.153. The average Bonchev–Trinajstić information content (AvgIpc) is 1.92. The van der Waals surface area contributed by atoms with E-state index in [4.69, 9.17) is 11.6 Å². The standard InChI is InChI=1S/C7H7ClF3N/c1-4-6(8)2-5(3-12-4)7(9,10)11/h3,5H,2H2,1H3. The highest BCUT2D eigenvalue weighted by molar-refractivity contribution is 6.30. The molecule has 0 aliphatic carbocycles. The molecule has 12 heavy (non-hydrogen) atoms. The van der Waals surface area contributed by atoms with Gasteiger partial charge in [-0.2, -0.15) is 13.2 Å². The van der Waals surface area contributed by atoms with E-state index in [-0.39, 0.29) is 11.5 Å². The van der Waals surface area contributed by atoms with E-state index >= 15 is 0 Å². The molecule has 0 aromatic rings. The molecule has 1 rings (SSSR count). The fourth-order valence-corrected chi connectivity index (χ4v) is 1.08. The first kappa shape index (κ1) is 9.58. The van der Waals surface area contributed by atoms with Crippen molar-refractivity contribution in [2.24, 2.45) is 10.9 Å².